The highest BCUT2D eigenvalue weighted by Gasteiger charge is 2.15. The van der Waals surface area contributed by atoms with E-state index >= 15 is 0 Å². The first kappa shape index (κ1) is 13.9. The fraction of sp³-hybridized carbons (Fsp3) is 0.0833. The Bertz CT molecular complexity index is 741. The van der Waals surface area contributed by atoms with Gasteiger partial charge in [0.1, 0.15) is 0 Å². The van der Waals surface area contributed by atoms with Crippen LogP contribution in [0.15, 0.2) is 45.3 Å². The van der Waals surface area contributed by atoms with Gasteiger partial charge in [-0.05, 0) is 13.0 Å². The topological polar surface area (TPSA) is 106 Å². The molecule has 8 heteroatoms. The van der Waals surface area contributed by atoms with Gasteiger partial charge in [-0.3, -0.25) is 19.7 Å². The molecule has 0 fully saturated rings. The predicted octanol–water partition coefficient (Wildman–Crippen LogP) is 2.03. The molecule has 1 heterocycles. The summed E-state index contributed by atoms with van der Waals surface area (Å²) < 4.78 is 0. The molecule has 1 N–H and O–H groups in total. The van der Waals surface area contributed by atoms with Crippen molar-refractivity contribution in [3.8, 4) is 0 Å². The lowest BCUT2D eigenvalue weighted by Gasteiger charge is -2.05. The smallest absolute Gasteiger partial charge is 0.270 e. The first-order valence-corrected chi connectivity index (χ1v) is 6.31. The third-order valence-corrected chi connectivity index (χ3v) is 3.38. The molecule has 1 aromatic heterocycles. The summed E-state index contributed by atoms with van der Waals surface area (Å²) in [5.74, 6) is -0.297. The number of aromatic amines is 1. The second-order valence-corrected chi connectivity index (χ2v) is 4.87. The zero-order valence-electron chi connectivity index (χ0n) is 10.3. The minimum Gasteiger partial charge on any atom is -0.301 e. The fourth-order valence-electron chi connectivity index (χ4n) is 1.50. The van der Waals surface area contributed by atoms with Gasteiger partial charge in [0.2, 0.25) is 0 Å². The molecule has 0 saturated heterocycles. The summed E-state index contributed by atoms with van der Waals surface area (Å²) in [7, 11) is 0. The predicted molar refractivity (Wildman–Crippen MR) is 72.1 cm³/mol. The summed E-state index contributed by atoms with van der Waals surface area (Å²) in [6.07, 6.45) is 1.35. The highest BCUT2D eigenvalue weighted by molar-refractivity contribution is 7.99. The maximum absolute atomic E-state index is 11.6. The summed E-state index contributed by atoms with van der Waals surface area (Å²) in [5.41, 5.74) is -0.251. The van der Waals surface area contributed by atoms with Crippen molar-refractivity contribution in [1.82, 2.24) is 9.97 Å². The number of rotatable bonds is 4. The Morgan fingerprint density at radius 2 is 2.15 bits per heavy atom. The van der Waals surface area contributed by atoms with Crippen molar-refractivity contribution in [2.45, 2.75) is 17.0 Å². The molecular formula is C12H9N3O4S. The zero-order chi connectivity index (χ0) is 14.7. The Morgan fingerprint density at radius 1 is 1.40 bits per heavy atom. The average molecular weight is 291 g/mol. The van der Waals surface area contributed by atoms with Crippen LogP contribution < -0.4 is 5.56 Å². The van der Waals surface area contributed by atoms with Crippen LogP contribution >= 0.6 is 11.8 Å². The second-order valence-electron chi connectivity index (χ2n) is 3.84. The third kappa shape index (κ3) is 3.09. The van der Waals surface area contributed by atoms with Crippen LogP contribution in [0.4, 0.5) is 5.69 Å². The quantitative estimate of drug-likeness (QED) is 0.400. The van der Waals surface area contributed by atoms with Gasteiger partial charge in [-0.25, -0.2) is 4.98 Å². The van der Waals surface area contributed by atoms with E-state index in [0.29, 0.717) is 10.1 Å². The molecule has 20 heavy (non-hydrogen) atoms. The van der Waals surface area contributed by atoms with Crippen LogP contribution in [0.5, 0.6) is 0 Å². The summed E-state index contributed by atoms with van der Waals surface area (Å²) in [6.45, 7) is 1.32. The lowest BCUT2D eigenvalue weighted by atomic mass is 10.1. The Kier molecular flexibility index (Phi) is 3.94. The molecule has 0 saturated carbocycles. The molecule has 0 aliphatic carbocycles. The molecule has 7 nitrogen and oxygen atoms in total. The Balaban J connectivity index is 2.43. The number of carbonyl (C=O) groups is 1. The Labute approximate surface area is 117 Å². The average Bonchev–Trinajstić information content (AvgIpc) is 2.38. The molecule has 2 aromatic rings. The van der Waals surface area contributed by atoms with Gasteiger partial charge in [-0.1, -0.05) is 11.8 Å². The molecule has 0 bridgehead atoms. The number of aromatic nitrogens is 2. The summed E-state index contributed by atoms with van der Waals surface area (Å²) in [4.78, 5) is 39.9. The number of non-ortho nitro benzene ring substituents is 1. The van der Waals surface area contributed by atoms with E-state index in [-0.39, 0.29) is 22.6 Å². The van der Waals surface area contributed by atoms with Crippen molar-refractivity contribution in [3.05, 3.63) is 56.5 Å². The van der Waals surface area contributed by atoms with Gasteiger partial charge in [0, 0.05) is 34.9 Å². The molecule has 2 rings (SSSR count). The van der Waals surface area contributed by atoms with Crippen LogP contribution in [-0.4, -0.2) is 20.7 Å². The van der Waals surface area contributed by atoms with E-state index in [1.54, 1.807) is 0 Å². The number of carbonyl (C=O) groups excluding carboxylic acids is 1. The molecule has 102 valence electrons. The number of Topliss-reactive ketones (excluding diaryl/α,β-unsaturated/α-hetero) is 1. The van der Waals surface area contributed by atoms with Crippen molar-refractivity contribution in [3.63, 3.8) is 0 Å². The monoisotopic (exact) mass is 291 g/mol. The lowest BCUT2D eigenvalue weighted by molar-refractivity contribution is -0.384. The molecule has 0 atom stereocenters. The maximum Gasteiger partial charge on any atom is 0.270 e. The van der Waals surface area contributed by atoms with Crippen molar-refractivity contribution in [2.24, 2.45) is 0 Å². The van der Waals surface area contributed by atoms with E-state index < -0.39 is 4.92 Å². The summed E-state index contributed by atoms with van der Waals surface area (Å²) >= 11 is 1.07. The van der Waals surface area contributed by atoms with Crippen LogP contribution in [0.3, 0.4) is 0 Å². The van der Waals surface area contributed by atoms with Crippen molar-refractivity contribution in [1.29, 1.82) is 0 Å². The molecule has 0 amide bonds. The number of hydrogen-bond acceptors (Lipinski definition) is 6. The van der Waals surface area contributed by atoms with Crippen LogP contribution in [0.2, 0.25) is 0 Å². The highest BCUT2D eigenvalue weighted by Crippen LogP contribution is 2.30. The molecular weight excluding hydrogens is 282 g/mol. The molecule has 0 spiro atoms. The minimum absolute atomic E-state index is 0.158. The molecule has 0 unspecified atom stereocenters. The number of nitro benzene ring substituents is 1. The van der Waals surface area contributed by atoms with Gasteiger partial charge in [0.15, 0.2) is 10.9 Å². The van der Waals surface area contributed by atoms with E-state index in [0.717, 1.165) is 11.8 Å². The van der Waals surface area contributed by atoms with Gasteiger partial charge >= 0.3 is 0 Å². The van der Waals surface area contributed by atoms with Gasteiger partial charge in [0.05, 0.1) is 4.92 Å². The van der Waals surface area contributed by atoms with E-state index in [1.165, 1.54) is 37.4 Å². The highest BCUT2D eigenvalue weighted by atomic mass is 32.2. The van der Waals surface area contributed by atoms with Crippen LogP contribution in [0, 0.1) is 10.1 Å². The number of nitro groups is 1. The first-order chi connectivity index (χ1) is 9.47. The van der Waals surface area contributed by atoms with Crippen molar-refractivity contribution >= 4 is 23.2 Å². The van der Waals surface area contributed by atoms with Crippen molar-refractivity contribution < 1.29 is 9.72 Å². The summed E-state index contributed by atoms with van der Waals surface area (Å²) in [5, 5.41) is 11.0. The number of ketones is 1. The number of nitrogens with zero attached hydrogens (tertiary/aromatic N) is 2. The van der Waals surface area contributed by atoms with E-state index in [4.69, 9.17) is 0 Å². The van der Waals surface area contributed by atoms with E-state index in [1.807, 2.05) is 0 Å². The first-order valence-electron chi connectivity index (χ1n) is 5.50. The van der Waals surface area contributed by atoms with Crippen molar-refractivity contribution in [2.75, 3.05) is 0 Å². The number of nitrogens with one attached hydrogen (secondary N) is 1. The standard InChI is InChI=1S/C12H9N3O4S/c1-7(16)9-6-8(15(18)19)2-3-10(9)20-12-13-5-4-11(17)14-12/h2-6H,1H3,(H,13,14,17). The largest absolute Gasteiger partial charge is 0.301 e. The zero-order valence-corrected chi connectivity index (χ0v) is 11.1. The number of benzene rings is 1. The van der Waals surface area contributed by atoms with E-state index in [9.17, 15) is 19.7 Å². The second kappa shape index (κ2) is 5.66. The number of hydrogen-bond donors (Lipinski definition) is 1. The molecule has 0 radical (unpaired) electrons. The molecule has 0 aliphatic heterocycles. The third-order valence-electron chi connectivity index (χ3n) is 2.41. The van der Waals surface area contributed by atoms with Crippen LogP contribution in [-0.2, 0) is 0 Å². The minimum atomic E-state index is -0.566. The van der Waals surface area contributed by atoms with Gasteiger partial charge in [-0.2, -0.15) is 0 Å². The van der Waals surface area contributed by atoms with E-state index in [2.05, 4.69) is 9.97 Å². The molecule has 0 aliphatic rings. The van der Waals surface area contributed by atoms with Crippen LogP contribution in [0.1, 0.15) is 17.3 Å². The Morgan fingerprint density at radius 3 is 2.75 bits per heavy atom. The van der Waals surface area contributed by atoms with Gasteiger partial charge < -0.3 is 4.98 Å². The Hall–Kier alpha value is -2.48. The van der Waals surface area contributed by atoms with Gasteiger partial charge in [0.25, 0.3) is 11.2 Å². The molecule has 1 aromatic carbocycles. The SMILES string of the molecule is CC(=O)c1cc([N+](=O)[O-])ccc1Sc1nccc(=O)[nH]1. The van der Waals surface area contributed by atoms with Gasteiger partial charge in [-0.15, -0.1) is 0 Å². The number of H-pyrrole nitrogens is 1. The lowest BCUT2D eigenvalue weighted by Crippen LogP contribution is -2.05. The van der Waals surface area contributed by atoms with Crippen LogP contribution in [0.25, 0.3) is 0 Å². The normalized spacial score (nSPS) is 10.2. The summed E-state index contributed by atoms with van der Waals surface area (Å²) in [6, 6.07) is 5.25. The maximum atomic E-state index is 11.6. The fourth-order valence-corrected chi connectivity index (χ4v) is 2.43.